The van der Waals surface area contributed by atoms with E-state index in [0.717, 1.165) is 9.88 Å². The molecule has 0 unspecified atom stereocenters. The molecule has 0 radical (unpaired) electrons. The minimum atomic E-state index is -3.63. The maximum atomic E-state index is 13.0. The number of aromatic amines is 1. The van der Waals surface area contributed by atoms with E-state index in [9.17, 15) is 8.42 Å². The van der Waals surface area contributed by atoms with Crippen molar-refractivity contribution in [1.82, 2.24) is 19.3 Å². The molecule has 2 N–H and O–H groups in total. The zero-order chi connectivity index (χ0) is 20.4. The Kier molecular flexibility index (Phi) is 5.71. The first kappa shape index (κ1) is 20.1. The number of H-pyrrole nitrogens is 1. The molecular weight excluding hydrogens is 406 g/mol. The van der Waals surface area contributed by atoms with Crippen LogP contribution in [0.5, 0.6) is 0 Å². The van der Waals surface area contributed by atoms with E-state index in [1.807, 2.05) is 18.3 Å². The Morgan fingerprint density at radius 2 is 1.97 bits per heavy atom. The zero-order valence-corrected chi connectivity index (χ0v) is 18.2. The van der Waals surface area contributed by atoms with Gasteiger partial charge in [0.15, 0.2) is 0 Å². The van der Waals surface area contributed by atoms with Crippen LogP contribution < -0.4 is 5.32 Å². The third kappa shape index (κ3) is 4.22. The van der Waals surface area contributed by atoms with Gasteiger partial charge in [-0.2, -0.15) is 0 Å². The van der Waals surface area contributed by atoms with Gasteiger partial charge in [0.1, 0.15) is 0 Å². The van der Waals surface area contributed by atoms with Crippen molar-refractivity contribution in [2.75, 3.05) is 19.4 Å². The molecule has 0 saturated heterocycles. The van der Waals surface area contributed by atoms with E-state index in [1.54, 1.807) is 43.9 Å². The molecule has 0 spiro atoms. The molecule has 2 aromatic heterocycles. The molecule has 0 atom stereocenters. The molecule has 2 heterocycles. The maximum Gasteiger partial charge on any atom is 0.243 e. The van der Waals surface area contributed by atoms with Gasteiger partial charge in [-0.25, -0.2) is 22.7 Å². The second-order valence-electron chi connectivity index (χ2n) is 7.46. The molecule has 1 aliphatic carbocycles. The molecule has 1 aliphatic rings. The topological polar surface area (TPSA) is 91.0 Å². The first-order valence-electron chi connectivity index (χ1n) is 9.74. The van der Waals surface area contributed by atoms with Crippen LogP contribution in [0.3, 0.4) is 0 Å². The van der Waals surface area contributed by atoms with Gasteiger partial charge in [0.25, 0.3) is 0 Å². The van der Waals surface area contributed by atoms with Crippen molar-refractivity contribution in [3.63, 3.8) is 0 Å². The van der Waals surface area contributed by atoms with Gasteiger partial charge in [-0.05, 0) is 25.0 Å². The van der Waals surface area contributed by atoms with Crippen LogP contribution in [0.15, 0.2) is 41.7 Å². The predicted octanol–water partition coefficient (Wildman–Crippen LogP) is 4.57. The van der Waals surface area contributed by atoms with Crippen LogP contribution in [0, 0.1) is 0 Å². The molecule has 7 nitrogen and oxygen atoms in total. The number of benzene rings is 1. The second-order valence-corrected chi connectivity index (χ2v) is 10.6. The highest BCUT2D eigenvalue weighted by atomic mass is 32.2. The molecule has 9 heteroatoms. The Morgan fingerprint density at radius 1 is 1.17 bits per heavy atom. The molecular formula is C20H25N5O2S2. The Bertz CT molecular complexity index is 1070. The molecule has 3 aromatic rings. The quantitative estimate of drug-likeness (QED) is 0.596. The van der Waals surface area contributed by atoms with E-state index in [-0.39, 0.29) is 4.90 Å². The van der Waals surface area contributed by atoms with Crippen molar-refractivity contribution in [3.05, 3.63) is 41.8 Å². The summed E-state index contributed by atoms with van der Waals surface area (Å²) in [5.41, 5.74) is 1.34. The summed E-state index contributed by atoms with van der Waals surface area (Å²) >= 11 is 1.61. The first-order chi connectivity index (χ1) is 13.9. The summed E-state index contributed by atoms with van der Waals surface area (Å²) in [6.45, 7) is 0. The van der Waals surface area contributed by atoms with Crippen molar-refractivity contribution in [1.29, 1.82) is 0 Å². The molecule has 0 aliphatic heterocycles. The number of nitrogens with zero attached hydrogens (tertiary/aromatic N) is 3. The lowest BCUT2D eigenvalue weighted by molar-refractivity contribution is 0.442. The van der Waals surface area contributed by atoms with E-state index in [4.69, 9.17) is 0 Å². The van der Waals surface area contributed by atoms with Gasteiger partial charge in [-0.15, -0.1) is 11.3 Å². The van der Waals surface area contributed by atoms with E-state index < -0.39 is 10.0 Å². The number of thiazole rings is 1. The summed E-state index contributed by atoms with van der Waals surface area (Å²) in [6.07, 6.45) is 11.3. The summed E-state index contributed by atoms with van der Waals surface area (Å²) in [5, 5.41) is 4.23. The molecule has 29 heavy (non-hydrogen) atoms. The fourth-order valence-electron chi connectivity index (χ4n) is 3.63. The number of hydrogen-bond donors (Lipinski definition) is 2. The average Bonchev–Trinajstić information content (AvgIpc) is 3.41. The Hall–Kier alpha value is -2.23. The van der Waals surface area contributed by atoms with Crippen molar-refractivity contribution in [2.24, 2.45) is 0 Å². The SMILES string of the molecule is CN(C)S(=O)(=O)c1cc(Nc2ncc[nH]2)ccc1-c1cnc(C2CCCCC2)s1. The van der Waals surface area contributed by atoms with Gasteiger partial charge in [-0.1, -0.05) is 25.3 Å². The number of anilines is 2. The lowest BCUT2D eigenvalue weighted by Gasteiger charge is -2.19. The summed E-state index contributed by atoms with van der Waals surface area (Å²) in [6, 6.07) is 5.37. The van der Waals surface area contributed by atoms with E-state index in [0.29, 0.717) is 23.1 Å². The smallest absolute Gasteiger partial charge is 0.243 e. The third-order valence-electron chi connectivity index (χ3n) is 5.24. The molecule has 1 fully saturated rings. The van der Waals surface area contributed by atoms with Gasteiger partial charge in [0.2, 0.25) is 16.0 Å². The molecule has 0 bridgehead atoms. The summed E-state index contributed by atoms with van der Waals surface area (Å²) in [5.74, 6) is 1.06. The highest BCUT2D eigenvalue weighted by Crippen LogP contribution is 2.40. The van der Waals surface area contributed by atoms with Crippen LogP contribution in [0.25, 0.3) is 10.4 Å². The zero-order valence-electron chi connectivity index (χ0n) is 16.6. The Balaban J connectivity index is 1.73. The van der Waals surface area contributed by atoms with Crippen molar-refractivity contribution in [2.45, 2.75) is 42.9 Å². The van der Waals surface area contributed by atoms with E-state index >= 15 is 0 Å². The first-order valence-corrected chi connectivity index (χ1v) is 12.0. The normalized spacial score (nSPS) is 15.7. The predicted molar refractivity (Wildman–Crippen MR) is 116 cm³/mol. The number of imidazole rings is 1. The fraction of sp³-hybridized carbons (Fsp3) is 0.400. The third-order valence-corrected chi connectivity index (χ3v) is 8.29. The number of sulfonamides is 1. The molecule has 0 amide bonds. The van der Waals surface area contributed by atoms with Gasteiger partial charge in [0, 0.05) is 49.9 Å². The van der Waals surface area contributed by atoms with Crippen LogP contribution in [-0.4, -0.2) is 41.8 Å². The van der Waals surface area contributed by atoms with Crippen LogP contribution in [0.1, 0.15) is 43.0 Å². The van der Waals surface area contributed by atoms with Crippen LogP contribution in [0.2, 0.25) is 0 Å². The van der Waals surface area contributed by atoms with Crippen LogP contribution in [0.4, 0.5) is 11.6 Å². The number of aromatic nitrogens is 3. The largest absolute Gasteiger partial charge is 0.331 e. The standard InChI is InChI=1S/C20H25N5O2S2/c1-25(2)29(26,27)18-12-15(24-20-21-10-11-22-20)8-9-16(18)17-13-23-19(28-17)14-6-4-3-5-7-14/h8-14H,3-7H2,1-2H3,(H2,21,22,24). The summed E-state index contributed by atoms with van der Waals surface area (Å²) in [7, 11) is -0.536. The maximum absolute atomic E-state index is 13.0. The Morgan fingerprint density at radius 3 is 2.66 bits per heavy atom. The van der Waals surface area contributed by atoms with Crippen molar-refractivity contribution < 1.29 is 8.42 Å². The molecule has 1 saturated carbocycles. The van der Waals surface area contributed by atoms with Gasteiger partial charge >= 0.3 is 0 Å². The van der Waals surface area contributed by atoms with Gasteiger partial charge in [-0.3, -0.25) is 0 Å². The van der Waals surface area contributed by atoms with Crippen molar-refractivity contribution in [3.8, 4) is 10.4 Å². The lowest BCUT2D eigenvalue weighted by atomic mass is 9.90. The highest BCUT2D eigenvalue weighted by molar-refractivity contribution is 7.89. The minimum Gasteiger partial charge on any atom is -0.331 e. The fourth-order valence-corrected chi connectivity index (χ4v) is 5.95. The highest BCUT2D eigenvalue weighted by Gasteiger charge is 2.25. The second kappa shape index (κ2) is 8.25. The van der Waals surface area contributed by atoms with Crippen molar-refractivity contribution >= 4 is 33.0 Å². The number of hydrogen-bond acceptors (Lipinski definition) is 6. The minimum absolute atomic E-state index is 0.262. The summed E-state index contributed by atoms with van der Waals surface area (Å²) in [4.78, 5) is 12.9. The lowest BCUT2D eigenvalue weighted by Crippen LogP contribution is -2.23. The van der Waals surface area contributed by atoms with E-state index in [1.165, 1.54) is 36.4 Å². The molecule has 4 rings (SSSR count). The number of rotatable bonds is 6. The van der Waals surface area contributed by atoms with E-state index in [2.05, 4.69) is 20.3 Å². The Labute approximate surface area is 175 Å². The molecule has 154 valence electrons. The van der Waals surface area contributed by atoms with Crippen LogP contribution >= 0.6 is 11.3 Å². The van der Waals surface area contributed by atoms with Gasteiger partial charge < -0.3 is 10.3 Å². The van der Waals surface area contributed by atoms with Crippen LogP contribution in [-0.2, 0) is 10.0 Å². The van der Waals surface area contributed by atoms with Gasteiger partial charge in [0.05, 0.1) is 14.8 Å². The summed E-state index contributed by atoms with van der Waals surface area (Å²) < 4.78 is 27.3. The monoisotopic (exact) mass is 431 g/mol. The number of nitrogens with one attached hydrogen (secondary N) is 2. The molecule has 1 aromatic carbocycles. The average molecular weight is 432 g/mol.